The van der Waals surface area contributed by atoms with Crippen molar-refractivity contribution in [3.63, 3.8) is 0 Å². The predicted molar refractivity (Wildman–Crippen MR) is 95.1 cm³/mol. The number of para-hydroxylation sites is 1. The van der Waals surface area contributed by atoms with Crippen LogP contribution in [0.1, 0.15) is 15.9 Å². The first-order chi connectivity index (χ1) is 11.5. The fraction of sp³-hybridized carbons (Fsp3) is 0.0588. The van der Waals surface area contributed by atoms with Crippen LogP contribution in [0.5, 0.6) is 0 Å². The first-order valence-electron chi connectivity index (χ1n) is 6.90. The van der Waals surface area contributed by atoms with Gasteiger partial charge in [-0.15, -0.1) is 0 Å². The number of nitrogens with one attached hydrogen (secondary N) is 1. The molecule has 122 valence electrons. The van der Waals surface area contributed by atoms with Gasteiger partial charge < -0.3 is 9.73 Å². The first kappa shape index (κ1) is 16.8. The van der Waals surface area contributed by atoms with E-state index in [0.717, 1.165) is 0 Å². The van der Waals surface area contributed by atoms with Crippen LogP contribution in [0.25, 0.3) is 11.0 Å². The summed E-state index contributed by atoms with van der Waals surface area (Å²) in [4.78, 5) is 24.3. The summed E-state index contributed by atoms with van der Waals surface area (Å²) < 4.78 is 5.14. The van der Waals surface area contributed by atoms with E-state index >= 15 is 0 Å². The van der Waals surface area contributed by atoms with E-state index in [4.69, 9.17) is 39.2 Å². The van der Waals surface area contributed by atoms with E-state index < -0.39 is 11.5 Å². The van der Waals surface area contributed by atoms with Crippen LogP contribution >= 0.6 is 34.8 Å². The molecule has 0 bridgehead atoms. The highest BCUT2D eigenvalue weighted by molar-refractivity contribution is 6.35. The second-order valence-electron chi connectivity index (χ2n) is 5.02. The Hall–Kier alpha value is -2.01. The van der Waals surface area contributed by atoms with Crippen LogP contribution in [0.2, 0.25) is 15.1 Å². The van der Waals surface area contributed by atoms with Crippen LogP contribution in [-0.2, 0) is 6.54 Å². The fourth-order valence-electron chi connectivity index (χ4n) is 2.20. The Kier molecular flexibility index (Phi) is 4.81. The summed E-state index contributed by atoms with van der Waals surface area (Å²) in [5.74, 6) is -0.559. The zero-order chi connectivity index (χ0) is 17.3. The molecule has 3 rings (SSSR count). The van der Waals surface area contributed by atoms with Crippen molar-refractivity contribution in [3.8, 4) is 0 Å². The van der Waals surface area contributed by atoms with E-state index in [2.05, 4.69) is 5.32 Å². The maximum Gasteiger partial charge on any atom is 0.349 e. The Labute approximate surface area is 151 Å². The van der Waals surface area contributed by atoms with Crippen molar-refractivity contribution in [1.29, 1.82) is 0 Å². The van der Waals surface area contributed by atoms with Gasteiger partial charge in [0.2, 0.25) is 0 Å². The SMILES string of the molecule is O=C(NCc1ccc(Cl)cc1Cl)c1cc2cccc(Cl)c2oc1=O. The number of carbonyl (C=O) groups excluding carboxylic acids is 1. The Morgan fingerprint density at radius 1 is 1.04 bits per heavy atom. The van der Waals surface area contributed by atoms with Crippen molar-refractivity contribution in [2.24, 2.45) is 0 Å². The number of halogens is 3. The van der Waals surface area contributed by atoms with E-state index in [9.17, 15) is 9.59 Å². The Morgan fingerprint density at radius 2 is 1.83 bits per heavy atom. The van der Waals surface area contributed by atoms with Crippen molar-refractivity contribution in [1.82, 2.24) is 5.32 Å². The van der Waals surface area contributed by atoms with Gasteiger partial charge in [-0.3, -0.25) is 4.79 Å². The van der Waals surface area contributed by atoms with Gasteiger partial charge in [0.25, 0.3) is 5.91 Å². The molecule has 1 aromatic heterocycles. The summed E-state index contributed by atoms with van der Waals surface area (Å²) >= 11 is 17.9. The van der Waals surface area contributed by atoms with Crippen LogP contribution in [0.3, 0.4) is 0 Å². The summed E-state index contributed by atoms with van der Waals surface area (Å²) in [6.07, 6.45) is 0. The van der Waals surface area contributed by atoms with Gasteiger partial charge in [0.05, 0.1) is 5.02 Å². The van der Waals surface area contributed by atoms with Crippen LogP contribution in [0, 0.1) is 0 Å². The average molecular weight is 383 g/mol. The lowest BCUT2D eigenvalue weighted by Gasteiger charge is -2.07. The summed E-state index contributed by atoms with van der Waals surface area (Å²) in [5.41, 5.74) is 0.0780. The Balaban J connectivity index is 1.86. The number of hydrogen-bond donors (Lipinski definition) is 1. The number of benzene rings is 2. The van der Waals surface area contributed by atoms with Gasteiger partial charge in [-0.2, -0.15) is 0 Å². The second kappa shape index (κ2) is 6.85. The molecule has 4 nitrogen and oxygen atoms in total. The largest absolute Gasteiger partial charge is 0.421 e. The molecule has 24 heavy (non-hydrogen) atoms. The normalized spacial score (nSPS) is 10.8. The molecule has 0 atom stereocenters. The zero-order valence-corrected chi connectivity index (χ0v) is 14.4. The number of fused-ring (bicyclic) bond motifs is 1. The molecule has 0 saturated carbocycles. The highest BCUT2D eigenvalue weighted by atomic mass is 35.5. The average Bonchev–Trinajstić information content (AvgIpc) is 2.54. The van der Waals surface area contributed by atoms with Gasteiger partial charge in [-0.1, -0.05) is 53.0 Å². The molecule has 0 aliphatic carbocycles. The highest BCUT2D eigenvalue weighted by Gasteiger charge is 2.15. The molecule has 2 aromatic carbocycles. The molecule has 0 saturated heterocycles. The minimum Gasteiger partial charge on any atom is -0.421 e. The lowest BCUT2D eigenvalue weighted by Crippen LogP contribution is -2.28. The maximum absolute atomic E-state index is 12.3. The van der Waals surface area contributed by atoms with Crippen LogP contribution < -0.4 is 10.9 Å². The number of rotatable bonds is 3. The minimum absolute atomic E-state index is 0.102. The van der Waals surface area contributed by atoms with Crippen molar-refractivity contribution < 1.29 is 9.21 Å². The maximum atomic E-state index is 12.3. The van der Waals surface area contributed by atoms with E-state index in [1.807, 2.05) is 0 Å². The van der Waals surface area contributed by atoms with Crippen LogP contribution in [0.15, 0.2) is 51.7 Å². The van der Waals surface area contributed by atoms with Crippen molar-refractivity contribution in [3.05, 3.63) is 79.1 Å². The third-order valence-electron chi connectivity index (χ3n) is 3.41. The zero-order valence-electron chi connectivity index (χ0n) is 12.1. The lowest BCUT2D eigenvalue weighted by atomic mass is 10.1. The third-order valence-corrected chi connectivity index (χ3v) is 4.30. The van der Waals surface area contributed by atoms with Gasteiger partial charge in [0, 0.05) is 22.0 Å². The molecule has 0 radical (unpaired) electrons. The Morgan fingerprint density at radius 3 is 2.58 bits per heavy atom. The molecule has 0 aliphatic heterocycles. The Bertz CT molecular complexity index is 998. The van der Waals surface area contributed by atoms with Gasteiger partial charge >= 0.3 is 5.63 Å². The van der Waals surface area contributed by atoms with Gasteiger partial charge in [-0.05, 0) is 29.8 Å². The molecule has 1 heterocycles. The number of amides is 1. The molecule has 1 N–H and O–H groups in total. The molecule has 3 aromatic rings. The van der Waals surface area contributed by atoms with E-state index in [1.165, 1.54) is 6.07 Å². The van der Waals surface area contributed by atoms with Crippen molar-refractivity contribution in [2.75, 3.05) is 0 Å². The summed E-state index contributed by atoms with van der Waals surface area (Å²) in [6, 6.07) is 11.4. The highest BCUT2D eigenvalue weighted by Crippen LogP contribution is 2.23. The summed E-state index contributed by atoms with van der Waals surface area (Å²) in [7, 11) is 0. The molecule has 0 unspecified atom stereocenters. The van der Waals surface area contributed by atoms with Gasteiger partial charge in [-0.25, -0.2) is 4.79 Å². The quantitative estimate of drug-likeness (QED) is 0.669. The molecule has 7 heteroatoms. The molecule has 1 amide bonds. The number of hydrogen-bond acceptors (Lipinski definition) is 3. The van der Waals surface area contributed by atoms with E-state index in [1.54, 1.807) is 36.4 Å². The summed E-state index contributed by atoms with van der Waals surface area (Å²) in [5, 5.41) is 4.45. The lowest BCUT2D eigenvalue weighted by molar-refractivity contribution is 0.0947. The van der Waals surface area contributed by atoms with Gasteiger partial charge in [0.15, 0.2) is 5.58 Å². The molecule has 0 spiro atoms. The fourth-order valence-corrected chi connectivity index (χ4v) is 2.90. The topological polar surface area (TPSA) is 59.3 Å². The first-order valence-corrected chi connectivity index (χ1v) is 8.03. The van der Waals surface area contributed by atoms with Crippen molar-refractivity contribution >= 4 is 51.7 Å². The van der Waals surface area contributed by atoms with E-state index in [-0.39, 0.29) is 17.7 Å². The van der Waals surface area contributed by atoms with Crippen LogP contribution in [0.4, 0.5) is 0 Å². The molecule has 0 aliphatic rings. The smallest absolute Gasteiger partial charge is 0.349 e. The molecular formula is C17H10Cl3NO3. The van der Waals surface area contributed by atoms with Gasteiger partial charge in [0.1, 0.15) is 5.56 Å². The summed E-state index contributed by atoms with van der Waals surface area (Å²) in [6.45, 7) is 0.155. The molecule has 0 fully saturated rings. The van der Waals surface area contributed by atoms with Crippen LogP contribution in [-0.4, -0.2) is 5.91 Å². The third kappa shape index (κ3) is 3.41. The number of carbonyl (C=O) groups is 1. The standard InChI is InChI=1S/C17H10Cl3NO3/c18-11-5-4-10(14(20)7-11)8-21-16(22)12-6-9-2-1-3-13(19)15(9)24-17(12)23/h1-7H,8H2,(H,21,22). The molecular weight excluding hydrogens is 373 g/mol. The second-order valence-corrected chi connectivity index (χ2v) is 6.27. The van der Waals surface area contributed by atoms with E-state index in [0.29, 0.717) is 26.0 Å². The minimum atomic E-state index is -0.754. The monoisotopic (exact) mass is 381 g/mol. The predicted octanol–water partition coefficient (Wildman–Crippen LogP) is 4.68. The van der Waals surface area contributed by atoms with Crippen molar-refractivity contribution in [2.45, 2.75) is 6.54 Å².